The van der Waals surface area contributed by atoms with Crippen molar-refractivity contribution in [1.29, 1.82) is 5.41 Å². The van der Waals surface area contributed by atoms with E-state index in [4.69, 9.17) is 19.6 Å². The van der Waals surface area contributed by atoms with Crippen LogP contribution in [0.4, 0.5) is 9.59 Å². The lowest BCUT2D eigenvalue weighted by Crippen LogP contribution is -2.49. The zero-order valence-electron chi connectivity index (χ0n) is 34.9. The SMILES string of the molecule is Cc1c(C)c(S(=O)(=O)NC(=N)NCCC[C@H](NC(=O)OCC2c3ccccc3-c3ccccc32)C(=O)NCCN(C)C(=O)OCc2ccccc2)c(C)c2c1OC(C)(C)C2. The topological polar surface area (TPSA) is 188 Å². The Morgan fingerprint density at radius 2 is 1.50 bits per heavy atom. The minimum atomic E-state index is -4.14. The monoisotopic (exact) mass is 838 g/mol. The number of guanidine groups is 1. The van der Waals surface area contributed by atoms with Gasteiger partial charge in [-0.05, 0) is 92.0 Å². The lowest BCUT2D eigenvalue weighted by atomic mass is 9.94. The first-order valence-corrected chi connectivity index (χ1v) is 21.5. The molecule has 0 unspecified atom stereocenters. The average Bonchev–Trinajstić information content (AvgIpc) is 3.73. The Hall–Kier alpha value is -6.09. The van der Waals surface area contributed by atoms with Crippen LogP contribution in [0.2, 0.25) is 0 Å². The van der Waals surface area contributed by atoms with E-state index in [1.165, 1.54) is 4.90 Å². The zero-order chi connectivity index (χ0) is 43.2. The van der Waals surface area contributed by atoms with Gasteiger partial charge in [0.2, 0.25) is 11.9 Å². The number of rotatable bonds is 15. The van der Waals surface area contributed by atoms with E-state index >= 15 is 0 Å². The molecule has 1 aliphatic heterocycles. The number of nitrogens with one attached hydrogen (secondary N) is 5. The molecular formula is C45H54N6O8S. The summed E-state index contributed by atoms with van der Waals surface area (Å²) in [6.45, 7) is 9.72. The third-order valence-corrected chi connectivity index (χ3v) is 12.6. The minimum absolute atomic E-state index is 0.0520. The number of benzene rings is 4. The second kappa shape index (κ2) is 18.4. The van der Waals surface area contributed by atoms with Crippen molar-refractivity contribution < 1.29 is 37.0 Å². The molecule has 1 aliphatic carbocycles. The molecule has 4 aromatic rings. The second-order valence-electron chi connectivity index (χ2n) is 15.9. The van der Waals surface area contributed by atoms with E-state index in [2.05, 4.69) is 20.7 Å². The number of hydrogen-bond acceptors (Lipinski definition) is 9. The number of carbonyl (C=O) groups is 3. The van der Waals surface area contributed by atoms with Crippen molar-refractivity contribution in [2.45, 2.75) is 82.9 Å². The van der Waals surface area contributed by atoms with Crippen LogP contribution in [0.1, 0.15) is 71.6 Å². The van der Waals surface area contributed by atoms with Crippen molar-refractivity contribution in [1.82, 2.24) is 25.6 Å². The van der Waals surface area contributed by atoms with Gasteiger partial charge >= 0.3 is 12.2 Å². The van der Waals surface area contributed by atoms with Crippen LogP contribution in [-0.4, -0.2) is 82.3 Å². The van der Waals surface area contributed by atoms with E-state index in [0.29, 0.717) is 23.3 Å². The Morgan fingerprint density at radius 3 is 2.17 bits per heavy atom. The number of hydrogen-bond donors (Lipinski definition) is 5. The maximum absolute atomic E-state index is 13.7. The lowest BCUT2D eigenvalue weighted by Gasteiger charge is -2.21. The number of likely N-dealkylation sites (N-methyl/N-ethyl adjacent to an activating group) is 1. The molecule has 0 saturated heterocycles. The normalized spacial score (nSPS) is 14.1. The molecule has 0 fully saturated rings. The maximum Gasteiger partial charge on any atom is 0.409 e. The molecule has 0 spiro atoms. The van der Waals surface area contributed by atoms with E-state index in [-0.39, 0.29) is 56.5 Å². The third-order valence-electron chi connectivity index (χ3n) is 11.0. The Balaban J connectivity index is 1.05. The van der Waals surface area contributed by atoms with Crippen molar-refractivity contribution in [2.75, 3.05) is 33.3 Å². The van der Waals surface area contributed by atoms with Crippen molar-refractivity contribution in [3.8, 4) is 16.9 Å². The van der Waals surface area contributed by atoms with Crippen molar-refractivity contribution in [3.63, 3.8) is 0 Å². The van der Waals surface area contributed by atoms with Gasteiger partial charge in [0.25, 0.3) is 10.0 Å². The molecule has 1 heterocycles. The van der Waals surface area contributed by atoms with Gasteiger partial charge in [0, 0.05) is 44.6 Å². The number of sulfonamides is 1. The van der Waals surface area contributed by atoms with Gasteiger partial charge in [0.05, 0.1) is 4.90 Å². The fourth-order valence-corrected chi connectivity index (χ4v) is 9.36. The molecule has 15 heteroatoms. The highest BCUT2D eigenvalue weighted by Gasteiger charge is 2.37. The fourth-order valence-electron chi connectivity index (χ4n) is 7.83. The summed E-state index contributed by atoms with van der Waals surface area (Å²) < 4.78 is 46.9. The van der Waals surface area contributed by atoms with Crippen LogP contribution in [0.25, 0.3) is 11.1 Å². The summed E-state index contributed by atoms with van der Waals surface area (Å²) in [6, 6.07) is 24.2. The first-order valence-electron chi connectivity index (χ1n) is 20.0. The van der Waals surface area contributed by atoms with E-state index in [1.807, 2.05) is 99.6 Å². The molecule has 2 aliphatic rings. The Bertz CT molecular complexity index is 2320. The molecule has 4 aromatic carbocycles. The van der Waals surface area contributed by atoms with Crippen LogP contribution in [0, 0.1) is 26.2 Å². The summed E-state index contributed by atoms with van der Waals surface area (Å²) in [7, 11) is -2.58. The number of fused-ring (bicyclic) bond motifs is 4. The second-order valence-corrected chi connectivity index (χ2v) is 17.5. The maximum atomic E-state index is 13.7. The summed E-state index contributed by atoms with van der Waals surface area (Å²) >= 11 is 0. The summed E-state index contributed by atoms with van der Waals surface area (Å²) in [5, 5.41) is 16.7. The Labute approximate surface area is 351 Å². The van der Waals surface area contributed by atoms with Crippen LogP contribution in [0.15, 0.2) is 83.8 Å². The summed E-state index contributed by atoms with van der Waals surface area (Å²) in [4.78, 5) is 40.9. The van der Waals surface area contributed by atoms with Gasteiger partial charge in [-0.15, -0.1) is 0 Å². The predicted molar refractivity (Wildman–Crippen MR) is 229 cm³/mol. The van der Waals surface area contributed by atoms with Gasteiger partial charge in [0.15, 0.2) is 0 Å². The first-order chi connectivity index (χ1) is 28.6. The van der Waals surface area contributed by atoms with Gasteiger partial charge < -0.3 is 35.1 Å². The largest absolute Gasteiger partial charge is 0.487 e. The molecule has 0 radical (unpaired) electrons. The summed E-state index contributed by atoms with van der Waals surface area (Å²) in [5.41, 5.74) is 7.35. The van der Waals surface area contributed by atoms with E-state index in [1.54, 1.807) is 20.9 Å². The third kappa shape index (κ3) is 10.0. The van der Waals surface area contributed by atoms with Crippen LogP contribution in [0.5, 0.6) is 5.75 Å². The van der Waals surface area contributed by atoms with E-state index in [0.717, 1.165) is 38.9 Å². The molecule has 3 amide bonds. The molecule has 60 heavy (non-hydrogen) atoms. The van der Waals surface area contributed by atoms with Gasteiger partial charge in [-0.3, -0.25) is 10.2 Å². The van der Waals surface area contributed by atoms with Gasteiger partial charge in [-0.25, -0.2) is 22.7 Å². The van der Waals surface area contributed by atoms with Crippen LogP contribution >= 0.6 is 0 Å². The summed E-state index contributed by atoms with van der Waals surface area (Å²) in [5.74, 6) is -0.410. The van der Waals surface area contributed by atoms with E-state index in [9.17, 15) is 22.8 Å². The number of ether oxygens (including phenoxy) is 3. The van der Waals surface area contributed by atoms with Gasteiger partial charge in [-0.1, -0.05) is 78.9 Å². The van der Waals surface area contributed by atoms with Crippen molar-refractivity contribution in [2.24, 2.45) is 0 Å². The minimum Gasteiger partial charge on any atom is -0.487 e. The highest BCUT2D eigenvalue weighted by molar-refractivity contribution is 7.90. The Morgan fingerprint density at radius 1 is 0.867 bits per heavy atom. The predicted octanol–water partition coefficient (Wildman–Crippen LogP) is 6.20. The van der Waals surface area contributed by atoms with Crippen molar-refractivity contribution >= 4 is 34.1 Å². The van der Waals surface area contributed by atoms with Crippen LogP contribution < -0.4 is 25.4 Å². The summed E-state index contributed by atoms with van der Waals surface area (Å²) in [6.07, 6.45) is -0.392. The molecule has 5 N–H and O–H groups in total. The average molecular weight is 839 g/mol. The van der Waals surface area contributed by atoms with Gasteiger partial charge in [-0.2, -0.15) is 0 Å². The molecule has 6 rings (SSSR count). The molecular weight excluding hydrogens is 785 g/mol. The highest BCUT2D eigenvalue weighted by Crippen LogP contribution is 2.45. The van der Waals surface area contributed by atoms with Crippen LogP contribution in [-0.2, 0) is 37.3 Å². The number of amides is 3. The number of nitrogens with zero attached hydrogens (tertiary/aromatic N) is 1. The number of carbonyl (C=O) groups excluding carboxylic acids is 3. The quantitative estimate of drug-likeness (QED) is 0.0528. The molecule has 0 aromatic heterocycles. The molecule has 0 bridgehead atoms. The van der Waals surface area contributed by atoms with Crippen LogP contribution in [0.3, 0.4) is 0 Å². The molecule has 0 saturated carbocycles. The smallest absolute Gasteiger partial charge is 0.409 e. The molecule has 14 nitrogen and oxygen atoms in total. The standard InChI is InChI=1S/C45H54N6O8S/c1-28-29(2)40(30(3)36-25-45(4,5)59-39(28)36)60(55,56)50-42(46)48-22-14-21-38(41(52)47-23-24-51(6)44(54)58-26-31-15-8-7-9-16-31)49-43(53)57-27-37-34-19-12-10-17-32(34)33-18-11-13-20-35(33)37/h7-13,15-20,37-38H,14,21-27H2,1-6H3,(H,47,52)(H,49,53)(H3,46,48,50)/t38-/m0/s1. The Kier molecular flexibility index (Phi) is 13.4. The fraction of sp³-hybridized carbons (Fsp3) is 0.378. The first kappa shape index (κ1) is 43.5. The highest BCUT2D eigenvalue weighted by atomic mass is 32.2. The zero-order valence-corrected chi connectivity index (χ0v) is 35.8. The lowest BCUT2D eigenvalue weighted by molar-refractivity contribution is -0.123. The molecule has 1 atom stereocenters. The van der Waals surface area contributed by atoms with Crippen molar-refractivity contribution in [3.05, 3.63) is 118 Å². The number of alkyl carbamates (subject to hydrolysis) is 1. The molecule has 318 valence electrons. The van der Waals surface area contributed by atoms with Gasteiger partial charge in [0.1, 0.15) is 30.6 Å². The van der Waals surface area contributed by atoms with E-state index < -0.39 is 45.7 Å².